The van der Waals surface area contributed by atoms with Crippen LogP contribution in [0.3, 0.4) is 0 Å². The highest BCUT2D eigenvalue weighted by atomic mass is 35.5. The van der Waals surface area contributed by atoms with Gasteiger partial charge < -0.3 is 4.74 Å². The Morgan fingerprint density at radius 1 is 1.46 bits per heavy atom. The molecule has 0 bridgehead atoms. The molecule has 0 aromatic carbocycles. The Kier molecular flexibility index (Phi) is 4.40. The van der Waals surface area contributed by atoms with Crippen LogP contribution in [-0.4, -0.2) is 31.9 Å². The van der Waals surface area contributed by atoms with E-state index in [1.807, 2.05) is 30.7 Å². The van der Waals surface area contributed by atoms with E-state index < -0.39 is 0 Å². The fraction of sp³-hybridized carbons (Fsp3) is 0.235. The molecule has 3 aromatic rings. The van der Waals surface area contributed by atoms with Gasteiger partial charge in [0.25, 0.3) is 0 Å². The van der Waals surface area contributed by atoms with Gasteiger partial charge in [0.1, 0.15) is 11.5 Å². The highest BCUT2D eigenvalue weighted by Gasteiger charge is 2.17. The topological polar surface area (TPSA) is 61.9 Å². The number of halogens is 1. The number of aromatic nitrogens is 4. The first-order valence-electron chi connectivity index (χ1n) is 7.53. The van der Waals surface area contributed by atoms with Crippen molar-refractivity contribution in [3.8, 4) is 5.82 Å². The monoisotopic (exact) mass is 344 g/mol. The van der Waals surface area contributed by atoms with Gasteiger partial charge in [-0.3, -0.25) is 9.25 Å². The van der Waals surface area contributed by atoms with Crippen molar-refractivity contribution in [3.05, 3.63) is 46.9 Å². The molecule has 0 spiro atoms. The Balaban J connectivity index is 2.16. The van der Waals surface area contributed by atoms with Crippen molar-refractivity contribution in [2.45, 2.75) is 13.8 Å². The molecule has 0 amide bonds. The summed E-state index contributed by atoms with van der Waals surface area (Å²) in [6.45, 7) is 3.99. The molecule has 3 aromatic heterocycles. The maximum Gasteiger partial charge on any atom is 0.330 e. The van der Waals surface area contributed by atoms with Gasteiger partial charge in [0, 0.05) is 36.5 Å². The number of carbonyl (C=O) groups is 1. The van der Waals surface area contributed by atoms with Crippen LogP contribution >= 0.6 is 11.6 Å². The van der Waals surface area contributed by atoms with Crippen molar-refractivity contribution < 1.29 is 9.53 Å². The number of pyridine rings is 1. The van der Waals surface area contributed by atoms with Crippen molar-refractivity contribution in [1.82, 2.24) is 19.3 Å². The van der Waals surface area contributed by atoms with E-state index in [1.54, 1.807) is 30.1 Å². The van der Waals surface area contributed by atoms with Gasteiger partial charge in [-0.2, -0.15) is 5.10 Å². The predicted octanol–water partition coefficient (Wildman–Crippen LogP) is 3.30. The van der Waals surface area contributed by atoms with Crippen LogP contribution in [0.15, 0.2) is 30.6 Å². The van der Waals surface area contributed by atoms with Crippen LogP contribution < -0.4 is 0 Å². The van der Waals surface area contributed by atoms with Gasteiger partial charge >= 0.3 is 5.97 Å². The lowest BCUT2D eigenvalue weighted by molar-refractivity contribution is -0.137. The predicted molar refractivity (Wildman–Crippen MR) is 93.3 cm³/mol. The number of aryl methyl sites for hydroxylation is 2. The van der Waals surface area contributed by atoms with Gasteiger partial charge in [-0.1, -0.05) is 11.6 Å². The molecule has 7 heteroatoms. The van der Waals surface area contributed by atoms with Crippen LogP contribution in [-0.2, 0) is 16.6 Å². The number of esters is 1. The summed E-state index contributed by atoms with van der Waals surface area (Å²) in [4.78, 5) is 16.0. The van der Waals surface area contributed by atoms with Crippen LogP contribution in [0.25, 0.3) is 22.9 Å². The van der Waals surface area contributed by atoms with E-state index in [-0.39, 0.29) is 5.97 Å². The summed E-state index contributed by atoms with van der Waals surface area (Å²) < 4.78 is 8.56. The quantitative estimate of drug-likeness (QED) is 0.538. The maximum atomic E-state index is 11.6. The van der Waals surface area contributed by atoms with Gasteiger partial charge in [-0.25, -0.2) is 9.78 Å². The van der Waals surface area contributed by atoms with Crippen LogP contribution in [0.5, 0.6) is 0 Å². The first kappa shape index (κ1) is 16.3. The highest BCUT2D eigenvalue weighted by Crippen LogP contribution is 2.29. The number of carbonyl (C=O) groups excluding carboxylic acids is 1. The molecular formula is C17H17ClN4O2. The van der Waals surface area contributed by atoms with Gasteiger partial charge in [0.2, 0.25) is 0 Å². The fourth-order valence-electron chi connectivity index (χ4n) is 2.67. The standard InChI is InChI=1S/C17H17ClN4O2/c1-4-24-15(23)8-7-12-11(2)20-21(3)17(12)22-10-14(18)13-6-5-9-19-16(13)22/h5-10H,4H2,1-3H3/b8-7+. The number of hydrogen-bond donors (Lipinski definition) is 0. The second kappa shape index (κ2) is 6.49. The minimum Gasteiger partial charge on any atom is -0.463 e. The van der Waals surface area contributed by atoms with E-state index in [9.17, 15) is 4.79 Å². The van der Waals surface area contributed by atoms with Crippen LogP contribution in [0.1, 0.15) is 18.2 Å². The second-order valence-corrected chi connectivity index (χ2v) is 5.66. The summed E-state index contributed by atoms with van der Waals surface area (Å²) in [6, 6.07) is 3.76. The average molecular weight is 345 g/mol. The summed E-state index contributed by atoms with van der Waals surface area (Å²) in [5.74, 6) is 0.392. The minimum atomic E-state index is -0.389. The lowest BCUT2D eigenvalue weighted by Crippen LogP contribution is -2.04. The van der Waals surface area contributed by atoms with Crippen LogP contribution in [0.2, 0.25) is 5.02 Å². The summed E-state index contributed by atoms with van der Waals surface area (Å²) in [7, 11) is 1.84. The Hall–Kier alpha value is -2.60. The molecule has 6 nitrogen and oxygen atoms in total. The van der Waals surface area contributed by atoms with E-state index in [2.05, 4.69) is 10.1 Å². The van der Waals surface area contributed by atoms with Crippen molar-refractivity contribution in [1.29, 1.82) is 0 Å². The number of rotatable bonds is 4. The molecule has 0 N–H and O–H groups in total. The smallest absolute Gasteiger partial charge is 0.330 e. The lowest BCUT2D eigenvalue weighted by atomic mass is 10.2. The zero-order valence-corrected chi connectivity index (χ0v) is 14.4. The Morgan fingerprint density at radius 2 is 2.25 bits per heavy atom. The largest absolute Gasteiger partial charge is 0.463 e. The molecule has 0 saturated heterocycles. The molecule has 0 atom stereocenters. The van der Waals surface area contributed by atoms with Crippen LogP contribution in [0.4, 0.5) is 0 Å². The Labute approximate surface area is 144 Å². The van der Waals surface area contributed by atoms with Gasteiger partial charge in [0.05, 0.1) is 17.3 Å². The molecule has 0 saturated carbocycles. The number of nitrogens with zero attached hydrogens (tertiary/aromatic N) is 4. The third kappa shape index (κ3) is 2.80. The lowest BCUT2D eigenvalue weighted by Gasteiger charge is -2.06. The fourth-order valence-corrected chi connectivity index (χ4v) is 2.91. The molecule has 124 valence electrons. The molecule has 0 fully saturated rings. The van der Waals surface area contributed by atoms with Gasteiger partial charge in [-0.05, 0) is 32.1 Å². The van der Waals surface area contributed by atoms with Crippen molar-refractivity contribution in [2.24, 2.45) is 7.05 Å². The van der Waals surface area contributed by atoms with E-state index in [0.717, 1.165) is 28.1 Å². The molecule has 3 rings (SSSR count). The average Bonchev–Trinajstić information content (AvgIpc) is 3.02. The number of ether oxygens (including phenoxy) is 1. The van der Waals surface area contributed by atoms with E-state index in [1.165, 1.54) is 6.08 Å². The van der Waals surface area contributed by atoms with Gasteiger partial charge in [0.15, 0.2) is 0 Å². The zero-order valence-electron chi connectivity index (χ0n) is 13.7. The molecule has 0 unspecified atom stereocenters. The first-order valence-corrected chi connectivity index (χ1v) is 7.91. The molecule has 0 aliphatic heterocycles. The summed E-state index contributed by atoms with van der Waals surface area (Å²) in [5.41, 5.74) is 2.34. The molecule has 0 radical (unpaired) electrons. The molecule has 24 heavy (non-hydrogen) atoms. The van der Waals surface area contributed by atoms with E-state index in [0.29, 0.717) is 11.6 Å². The molecule has 0 aliphatic carbocycles. The number of fused-ring (bicyclic) bond motifs is 1. The Morgan fingerprint density at radius 3 is 3.00 bits per heavy atom. The highest BCUT2D eigenvalue weighted by molar-refractivity contribution is 6.35. The zero-order chi connectivity index (χ0) is 17.3. The van der Waals surface area contributed by atoms with E-state index >= 15 is 0 Å². The SMILES string of the molecule is CCOC(=O)/C=C/c1c(C)nn(C)c1-n1cc(Cl)c2cccnc21. The summed E-state index contributed by atoms with van der Waals surface area (Å²) in [6.07, 6.45) is 6.62. The molecule has 0 aliphatic rings. The molecule has 3 heterocycles. The van der Waals surface area contributed by atoms with Crippen molar-refractivity contribution in [2.75, 3.05) is 6.61 Å². The summed E-state index contributed by atoms with van der Waals surface area (Å²) >= 11 is 6.33. The number of hydrogen-bond acceptors (Lipinski definition) is 4. The third-order valence-corrected chi connectivity index (χ3v) is 3.95. The van der Waals surface area contributed by atoms with Crippen LogP contribution in [0, 0.1) is 6.92 Å². The summed E-state index contributed by atoms with van der Waals surface area (Å²) in [5, 5.41) is 5.92. The second-order valence-electron chi connectivity index (χ2n) is 5.25. The molecular weight excluding hydrogens is 328 g/mol. The third-order valence-electron chi connectivity index (χ3n) is 3.65. The van der Waals surface area contributed by atoms with Crippen molar-refractivity contribution >= 4 is 34.7 Å². The maximum absolute atomic E-state index is 11.6. The van der Waals surface area contributed by atoms with Gasteiger partial charge in [-0.15, -0.1) is 0 Å². The Bertz CT molecular complexity index is 940. The minimum absolute atomic E-state index is 0.337. The van der Waals surface area contributed by atoms with E-state index in [4.69, 9.17) is 16.3 Å². The van der Waals surface area contributed by atoms with Crippen molar-refractivity contribution in [3.63, 3.8) is 0 Å². The normalized spacial score (nSPS) is 11.5. The first-order chi connectivity index (χ1) is 11.5.